The maximum absolute atomic E-state index is 11.5. The van der Waals surface area contributed by atoms with Crippen LogP contribution < -0.4 is 5.56 Å². The Morgan fingerprint density at radius 3 is 2.56 bits per heavy atom. The van der Waals surface area contributed by atoms with Crippen LogP contribution in [0, 0.1) is 10.1 Å². The van der Waals surface area contributed by atoms with E-state index in [1.165, 1.54) is 16.7 Å². The van der Waals surface area contributed by atoms with Crippen LogP contribution in [0.4, 0.5) is 5.69 Å². The van der Waals surface area contributed by atoms with Gasteiger partial charge in [0.2, 0.25) is 0 Å². The zero-order valence-electron chi connectivity index (χ0n) is 9.65. The van der Waals surface area contributed by atoms with Gasteiger partial charge in [-0.1, -0.05) is 24.3 Å². The van der Waals surface area contributed by atoms with Gasteiger partial charge in [-0.05, 0) is 12.5 Å². The number of aryl methyl sites for hydroxylation is 2. The Morgan fingerprint density at radius 1 is 1.11 bits per heavy atom. The van der Waals surface area contributed by atoms with Gasteiger partial charge in [-0.2, -0.15) is 0 Å². The molecule has 2 rings (SSSR count). The molecule has 1 heterocycles. The van der Waals surface area contributed by atoms with Gasteiger partial charge in [0.25, 0.3) is 11.2 Å². The van der Waals surface area contributed by atoms with Crippen LogP contribution >= 0.6 is 0 Å². The van der Waals surface area contributed by atoms with Gasteiger partial charge in [0, 0.05) is 30.4 Å². The number of nitro benzene ring substituents is 1. The third-order valence-corrected chi connectivity index (χ3v) is 2.71. The van der Waals surface area contributed by atoms with Crippen molar-refractivity contribution in [2.45, 2.75) is 13.0 Å². The van der Waals surface area contributed by atoms with Crippen LogP contribution in [0.5, 0.6) is 0 Å². The Balaban J connectivity index is 2.19. The molecule has 0 saturated heterocycles. The topological polar surface area (TPSA) is 65.1 Å². The average molecular weight is 244 g/mol. The standard InChI is InChI=1S/C13H12N2O3/c16-13-7-3-4-9-14(13)10-8-11-5-1-2-6-12(11)15(17)18/h1-7,9H,8,10H2. The van der Waals surface area contributed by atoms with Crippen LogP contribution in [0.2, 0.25) is 0 Å². The van der Waals surface area contributed by atoms with E-state index < -0.39 is 4.92 Å². The van der Waals surface area contributed by atoms with Crippen LogP contribution in [0.3, 0.4) is 0 Å². The summed E-state index contributed by atoms with van der Waals surface area (Å²) in [5, 5.41) is 10.8. The largest absolute Gasteiger partial charge is 0.315 e. The molecule has 1 aromatic heterocycles. The second-order valence-electron chi connectivity index (χ2n) is 3.87. The van der Waals surface area contributed by atoms with Crippen molar-refractivity contribution in [2.24, 2.45) is 0 Å². The van der Waals surface area contributed by atoms with Gasteiger partial charge in [-0.15, -0.1) is 0 Å². The summed E-state index contributed by atoms with van der Waals surface area (Å²) in [4.78, 5) is 21.9. The van der Waals surface area contributed by atoms with E-state index in [-0.39, 0.29) is 11.2 Å². The SMILES string of the molecule is O=c1ccccn1CCc1ccccc1[N+](=O)[O-]. The normalized spacial score (nSPS) is 10.2. The van der Waals surface area contributed by atoms with Crippen molar-refractivity contribution in [1.82, 2.24) is 4.57 Å². The van der Waals surface area contributed by atoms with Crippen LogP contribution in [0.1, 0.15) is 5.56 Å². The molecule has 5 nitrogen and oxygen atoms in total. The maximum atomic E-state index is 11.5. The lowest BCUT2D eigenvalue weighted by molar-refractivity contribution is -0.385. The Labute approximate surface area is 103 Å². The van der Waals surface area contributed by atoms with E-state index in [4.69, 9.17) is 0 Å². The first kappa shape index (κ1) is 12.0. The van der Waals surface area contributed by atoms with E-state index in [0.29, 0.717) is 18.5 Å². The highest BCUT2D eigenvalue weighted by molar-refractivity contribution is 5.39. The van der Waals surface area contributed by atoms with Gasteiger partial charge < -0.3 is 4.57 Å². The number of hydrogen-bond acceptors (Lipinski definition) is 3. The van der Waals surface area contributed by atoms with Gasteiger partial charge >= 0.3 is 0 Å². The third-order valence-electron chi connectivity index (χ3n) is 2.71. The molecule has 0 aliphatic carbocycles. The molecule has 2 aromatic rings. The van der Waals surface area contributed by atoms with Crippen LogP contribution in [0.25, 0.3) is 0 Å². The summed E-state index contributed by atoms with van der Waals surface area (Å²) < 4.78 is 1.54. The van der Waals surface area contributed by atoms with Gasteiger partial charge in [0.1, 0.15) is 0 Å². The van der Waals surface area contributed by atoms with Gasteiger partial charge in [0.15, 0.2) is 0 Å². The molecular formula is C13H12N2O3. The number of rotatable bonds is 4. The van der Waals surface area contributed by atoms with Crippen molar-refractivity contribution in [3.63, 3.8) is 0 Å². The molecule has 18 heavy (non-hydrogen) atoms. The summed E-state index contributed by atoms with van der Waals surface area (Å²) in [5.74, 6) is 0. The highest BCUT2D eigenvalue weighted by Crippen LogP contribution is 2.18. The lowest BCUT2D eigenvalue weighted by Crippen LogP contribution is -2.19. The molecule has 0 amide bonds. The first-order chi connectivity index (χ1) is 8.68. The quantitative estimate of drug-likeness (QED) is 0.610. The van der Waals surface area contributed by atoms with E-state index in [0.717, 1.165) is 0 Å². The molecule has 0 unspecified atom stereocenters. The number of pyridine rings is 1. The predicted octanol–water partition coefficient (Wildman–Crippen LogP) is 2.00. The van der Waals surface area contributed by atoms with E-state index in [9.17, 15) is 14.9 Å². The predicted molar refractivity (Wildman–Crippen MR) is 67.5 cm³/mol. The first-order valence-electron chi connectivity index (χ1n) is 5.56. The number of aromatic nitrogens is 1. The molecule has 0 spiro atoms. The van der Waals surface area contributed by atoms with Crippen LogP contribution in [-0.4, -0.2) is 9.49 Å². The zero-order valence-corrected chi connectivity index (χ0v) is 9.65. The van der Waals surface area contributed by atoms with Crippen LogP contribution in [-0.2, 0) is 13.0 Å². The van der Waals surface area contributed by atoms with E-state index >= 15 is 0 Å². The molecule has 0 fully saturated rings. The fourth-order valence-electron chi connectivity index (χ4n) is 1.79. The van der Waals surface area contributed by atoms with Gasteiger partial charge in [0.05, 0.1) is 4.92 Å². The minimum Gasteiger partial charge on any atom is -0.315 e. The molecule has 0 bridgehead atoms. The second-order valence-corrected chi connectivity index (χ2v) is 3.87. The van der Waals surface area contributed by atoms with Gasteiger partial charge in [-0.25, -0.2) is 0 Å². The fourth-order valence-corrected chi connectivity index (χ4v) is 1.79. The molecule has 0 N–H and O–H groups in total. The Morgan fingerprint density at radius 2 is 1.83 bits per heavy atom. The monoisotopic (exact) mass is 244 g/mol. The number of para-hydroxylation sites is 1. The summed E-state index contributed by atoms with van der Waals surface area (Å²) in [6.07, 6.45) is 2.14. The lowest BCUT2D eigenvalue weighted by atomic mass is 10.1. The van der Waals surface area contributed by atoms with Crippen molar-refractivity contribution in [3.05, 3.63) is 74.7 Å². The van der Waals surface area contributed by atoms with Crippen molar-refractivity contribution >= 4 is 5.69 Å². The van der Waals surface area contributed by atoms with E-state index in [2.05, 4.69) is 0 Å². The highest BCUT2D eigenvalue weighted by Gasteiger charge is 2.11. The molecule has 0 aliphatic heterocycles. The zero-order chi connectivity index (χ0) is 13.0. The molecule has 0 radical (unpaired) electrons. The number of nitro groups is 1. The molecule has 92 valence electrons. The summed E-state index contributed by atoms with van der Waals surface area (Å²) in [6, 6.07) is 11.5. The number of benzene rings is 1. The fraction of sp³-hybridized carbons (Fsp3) is 0.154. The third kappa shape index (κ3) is 2.63. The summed E-state index contributed by atoms with van der Waals surface area (Å²) >= 11 is 0. The highest BCUT2D eigenvalue weighted by atomic mass is 16.6. The molecule has 0 atom stereocenters. The maximum Gasteiger partial charge on any atom is 0.272 e. The van der Waals surface area contributed by atoms with E-state index in [1.54, 1.807) is 36.5 Å². The van der Waals surface area contributed by atoms with Gasteiger partial charge in [-0.3, -0.25) is 14.9 Å². The van der Waals surface area contributed by atoms with Crippen LogP contribution in [0.15, 0.2) is 53.5 Å². The molecule has 0 aliphatic rings. The minimum absolute atomic E-state index is 0.0986. The summed E-state index contributed by atoms with van der Waals surface area (Å²) in [7, 11) is 0. The Hall–Kier alpha value is -2.43. The molecule has 0 saturated carbocycles. The van der Waals surface area contributed by atoms with E-state index in [1.807, 2.05) is 0 Å². The molecule has 5 heteroatoms. The minimum atomic E-state index is -0.400. The molecule has 1 aromatic carbocycles. The van der Waals surface area contributed by atoms with Crippen molar-refractivity contribution in [3.8, 4) is 0 Å². The second kappa shape index (κ2) is 5.27. The molecular weight excluding hydrogens is 232 g/mol. The smallest absolute Gasteiger partial charge is 0.272 e. The van der Waals surface area contributed by atoms with Crippen molar-refractivity contribution in [1.29, 1.82) is 0 Å². The number of hydrogen-bond donors (Lipinski definition) is 0. The lowest BCUT2D eigenvalue weighted by Gasteiger charge is -2.05. The van der Waals surface area contributed by atoms with Crippen molar-refractivity contribution in [2.75, 3.05) is 0 Å². The Kier molecular flexibility index (Phi) is 3.52. The van der Waals surface area contributed by atoms with Crippen molar-refractivity contribution < 1.29 is 4.92 Å². The average Bonchev–Trinajstić information content (AvgIpc) is 2.38. The Bertz CT molecular complexity index is 619. The summed E-state index contributed by atoms with van der Waals surface area (Å²) in [5.41, 5.74) is 0.635. The number of nitrogens with zero attached hydrogens (tertiary/aromatic N) is 2. The first-order valence-corrected chi connectivity index (χ1v) is 5.56. The summed E-state index contributed by atoms with van der Waals surface area (Å²) in [6.45, 7) is 0.435.